The van der Waals surface area contributed by atoms with E-state index in [9.17, 15) is 10.1 Å². The van der Waals surface area contributed by atoms with Crippen LogP contribution in [0.2, 0.25) is 0 Å². The van der Waals surface area contributed by atoms with Crippen LogP contribution in [0, 0.1) is 16.7 Å². The largest absolute Gasteiger partial charge is 0.375 e. The van der Waals surface area contributed by atoms with E-state index in [-0.39, 0.29) is 12.0 Å². The lowest BCUT2D eigenvalue weighted by atomic mass is 9.86. The molecule has 1 heterocycles. The number of hydrogen-bond donors (Lipinski definition) is 0. The summed E-state index contributed by atoms with van der Waals surface area (Å²) in [4.78, 5) is 18.7. The van der Waals surface area contributed by atoms with Gasteiger partial charge in [-0.3, -0.25) is 4.79 Å². The van der Waals surface area contributed by atoms with E-state index in [2.05, 4.69) is 11.1 Å². The Bertz CT molecular complexity index is 543. The summed E-state index contributed by atoms with van der Waals surface area (Å²) in [5.74, 6) is -0.0724. The van der Waals surface area contributed by atoms with Crippen LogP contribution in [0.3, 0.4) is 0 Å². The average molecular weight is 307 g/mol. The lowest BCUT2D eigenvalue weighted by Gasteiger charge is -2.26. The highest BCUT2D eigenvalue weighted by atomic mass is 32.1. The number of nitriles is 1. The first-order valence-corrected chi connectivity index (χ1v) is 8.04. The minimum atomic E-state index is -0.812. The number of rotatable bonds is 5. The second-order valence-corrected chi connectivity index (χ2v) is 6.51. The summed E-state index contributed by atoms with van der Waals surface area (Å²) in [6.45, 7) is 2.38. The molecule has 0 aromatic carbocycles. The molecule has 1 aliphatic carbocycles. The number of aromatic nitrogens is 1. The first kappa shape index (κ1) is 15.9. The van der Waals surface area contributed by atoms with Crippen molar-refractivity contribution in [2.75, 3.05) is 14.2 Å². The van der Waals surface area contributed by atoms with E-state index in [1.165, 1.54) is 11.3 Å². The van der Waals surface area contributed by atoms with Gasteiger partial charge in [0.25, 0.3) is 0 Å². The standard InChI is InChI=1S/C15H21N3O2S/c1-11(20-3)13-17-12(9-21-13)8-18(2)14(19)15(10-16)6-4-5-7-15/h9,11H,4-8H2,1-3H3/t11-/m0/s1. The lowest BCUT2D eigenvalue weighted by Crippen LogP contribution is -2.39. The molecule has 1 aliphatic rings. The third-order valence-corrected chi connectivity index (χ3v) is 5.15. The van der Waals surface area contributed by atoms with Crippen molar-refractivity contribution in [1.29, 1.82) is 5.26 Å². The predicted molar refractivity (Wildman–Crippen MR) is 80.5 cm³/mol. The van der Waals surface area contributed by atoms with E-state index in [1.54, 1.807) is 19.1 Å². The third-order valence-electron chi connectivity index (χ3n) is 4.10. The maximum absolute atomic E-state index is 12.6. The Kier molecular flexibility index (Phi) is 4.96. The van der Waals surface area contributed by atoms with Crippen LogP contribution in [-0.2, 0) is 16.1 Å². The van der Waals surface area contributed by atoms with E-state index in [1.807, 2.05) is 12.3 Å². The van der Waals surface area contributed by atoms with Crippen LogP contribution in [0.1, 0.15) is 49.4 Å². The van der Waals surface area contributed by atoms with Gasteiger partial charge in [0.15, 0.2) is 0 Å². The molecule has 114 valence electrons. The van der Waals surface area contributed by atoms with E-state index in [4.69, 9.17) is 4.74 Å². The second kappa shape index (κ2) is 6.54. The molecule has 0 bridgehead atoms. The van der Waals surface area contributed by atoms with Crippen molar-refractivity contribution in [2.45, 2.75) is 45.3 Å². The van der Waals surface area contributed by atoms with Crippen molar-refractivity contribution in [1.82, 2.24) is 9.88 Å². The molecule has 1 aromatic rings. The second-order valence-electron chi connectivity index (χ2n) is 5.62. The van der Waals surface area contributed by atoms with Gasteiger partial charge in [0.05, 0.1) is 18.3 Å². The van der Waals surface area contributed by atoms with Crippen LogP contribution in [-0.4, -0.2) is 29.9 Å². The zero-order chi connectivity index (χ0) is 15.5. The monoisotopic (exact) mass is 307 g/mol. The molecule has 21 heavy (non-hydrogen) atoms. The smallest absolute Gasteiger partial charge is 0.243 e. The van der Waals surface area contributed by atoms with Gasteiger partial charge in [-0.05, 0) is 19.8 Å². The number of hydrogen-bond acceptors (Lipinski definition) is 5. The first-order valence-electron chi connectivity index (χ1n) is 7.16. The number of methoxy groups -OCH3 is 1. The molecule has 2 rings (SSSR count). The van der Waals surface area contributed by atoms with Crippen molar-refractivity contribution < 1.29 is 9.53 Å². The Balaban J connectivity index is 2.04. The van der Waals surface area contributed by atoms with Crippen molar-refractivity contribution in [2.24, 2.45) is 5.41 Å². The van der Waals surface area contributed by atoms with E-state index in [0.717, 1.165) is 23.5 Å². The molecule has 0 N–H and O–H groups in total. The SMILES string of the molecule is CO[C@@H](C)c1nc(CN(C)C(=O)C2(C#N)CCCC2)cs1. The molecule has 6 heteroatoms. The quantitative estimate of drug-likeness (QED) is 0.839. The summed E-state index contributed by atoms with van der Waals surface area (Å²) >= 11 is 1.53. The number of amides is 1. The van der Waals surface area contributed by atoms with Gasteiger partial charge in [0.2, 0.25) is 5.91 Å². The van der Waals surface area contributed by atoms with Crippen molar-refractivity contribution in [3.63, 3.8) is 0 Å². The van der Waals surface area contributed by atoms with E-state index < -0.39 is 5.41 Å². The van der Waals surface area contributed by atoms with Gasteiger partial charge in [-0.25, -0.2) is 4.98 Å². The van der Waals surface area contributed by atoms with Crippen molar-refractivity contribution in [3.05, 3.63) is 16.1 Å². The molecule has 5 nitrogen and oxygen atoms in total. The summed E-state index contributed by atoms with van der Waals surface area (Å²) < 4.78 is 5.24. The Hall–Kier alpha value is -1.45. The van der Waals surface area contributed by atoms with Gasteiger partial charge in [-0.2, -0.15) is 5.26 Å². The molecule has 1 aromatic heterocycles. The van der Waals surface area contributed by atoms with Crippen LogP contribution in [0.15, 0.2) is 5.38 Å². The van der Waals surface area contributed by atoms with Gasteiger partial charge in [0.1, 0.15) is 16.5 Å². The number of carbonyl (C=O) groups is 1. The lowest BCUT2D eigenvalue weighted by molar-refractivity contribution is -0.138. The van der Waals surface area contributed by atoms with E-state index >= 15 is 0 Å². The molecule has 0 unspecified atom stereocenters. The number of nitrogens with zero attached hydrogens (tertiary/aromatic N) is 3. The fourth-order valence-corrected chi connectivity index (χ4v) is 3.56. The number of ether oxygens (including phenoxy) is 1. The average Bonchev–Trinajstić information content (AvgIpc) is 3.15. The fourth-order valence-electron chi connectivity index (χ4n) is 2.71. The Morgan fingerprint density at radius 1 is 1.62 bits per heavy atom. The molecule has 1 saturated carbocycles. The van der Waals surface area contributed by atoms with Crippen molar-refractivity contribution in [3.8, 4) is 6.07 Å². The Labute approximate surface area is 129 Å². The highest BCUT2D eigenvalue weighted by Crippen LogP contribution is 2.39. The summed E-state index contributed by atoms with van der Waals surface area (Å²) in [6.07, 6.45) is 3.23. The summed E-state index contributed by atoms with van der Waals surface area (Å²) in [7, 11) is 3.40. The van der Waals surface area contributed by atoms with Gasteiger partial charge >= 0.3 is 0 Å². The van der Waals surface area contributed by atoms with Crippen LogP contribution in [0.25, 0.3) is 0 Å². The van der Waals surface area contributed by atoms with Crippen molar-refractivity contribution >= 4 is 17.2 Å². The van der Waals surface area contributed by atoms with E-state index in [0.29, 0.717) is 19.4 Å². The number of thiazole rings is 1. The zero-order valence-corrected chi connectivity index (χ0v) is 13.6. The van der Waals surface area contributed by atoms with Gasteiger partial charge in [-0.15, -0.1) is 11.3 Å². The number of carbonyl (C=O) groups excluding carboxylic acids is 1. The molecule has 0 spiro atoms. The highest BCUT2D eigenvalue weighted by molar-refractivity contribution is 7.09. The highest BCUT2D eigenvalue weighted by Gasteiger charge is 2.43. The van der Waals surface area contributed by atoms with Crippen LogP contribution >= 0.6 is 11.3 Å². The topological polar surface area (TPSA) is 66.2 Å². The van der Waals surface area contributed by atoms with Gasteiger partial charge in [0, 0.05) is 19.5 Å². The molecular weight excluding hydrogens is 286 g/mol. The Morgan fingerprint density at radius 2 is 2.29 bits per heavy atom. The molecule has 1 atom stereocenters. The van der Waals surface area contributed by atoms with Crippen LogP contribution in [0.5, 0.6) is 0 Å². The predicted octanol–water partition coefficient (Wildman–Crippen LogP) is 2.89. The summed E-state index contributed by atoms with van der Waals surface area (Å²) in [6, 6.07) is 2.25. The third kappa shape index (κ3) is 3.25. The molecular formula is C15H21N3O2S. The fraction of sp³-hybridized carbons (Fsp3) is 0.667. The van der Waals surface area contributed by atoms with Gasteiger partial charge in [-0.1, -0.05) is 12.8 Å². The summed E-state index contributed by atoms with van der Waals surface area (Å²) in [5, 5.41) is 12.2. The minimum Gasteiger partial charge on any atom is -0.375 e. The minimum absolute atomic E-state index is 0.0370. The summed E-state index contributed by atoms with van der Waals surface area (Å²) in [5.41, 5.74) is 0.0359. The maximum atomic E-state index is 12.6. The van der Waals surface area contributed by atoms with Crippen LogP contribution in [0.4, 0.5) is 0 Å². The van der Waals surface area contributed by atoms with Crippen LogP contribution < -0.4 is 0 Å². The molecule has 1 fully saturated rings. The normalized spacial score (nSPS) is 18.2. The molecule has 0 radical (unpaired) electrons. The molecule has 0 saturated heterocycles. The van der Waals surface area contributed by atoms with Gasteiger partial charge < -0.3 is 9.64 Å². The zero-order valence-electron chi connectivity index (χ0n) is 12.8. The Morgan fingerprint density at radius 3 is 2.86 bits per heavy atom. The first-order chi connectivity index (χ1) is 10.0. The molecule has 0 aliphatic heterocycles. The maximum Gasteiger partial charge on any atom is 0.243 e. The molecule has 1 amide bonds.